The molecule has 1 aromatic rings. The minimum absolute atomic E-state index is 0.268. The van der Waals surface area contributed by atoms with Gasteiger partial charge in [-0.1, -0.05) is 6.55 Å². The molecule has 0 atom stereocenters. The van der Waals surface area contributed by atoms with Gasteiger partial charge in [-0.25, -0.2) is 0 Å². The van der Waals surface area contributed by atoms with E-state index in [1.165, 1.54) is 42.7 Å². The first-order valence-corrected chi connectivity index (χ1v) is 7.82. The van der Waals surface area contributed by atoms with Crippen molar-refractivity contribution in [2.24, 2.45) is 0 Å². The van der Waals surface area contributed by atoms with Gasteiger partial charge in [-0.3, -0.25) is 4.98 Å². The molecule has 0 saturated carbocycles. The van der Waals surface area contributed by atoms with E-state index in [4.69, 9.17) is 4.98 Å². The van der Waals surface area contributed by atoms with Crippen LogP contribution in [0.25, 0.3) is 0 Å². The third-order valence-corrected chi connectivity index (χ3v) is 6.00. The Hall–Kier alpha value is -0.633. The summed E-state index contributed by atoms with van der Waals surface area (Å²) in [7, 11) is -0.268. The highest BCUT2D eigenvalue weighted by Crippen LogP contribution is 2.28. The molecule has 73 valence electrons. The topological polar surface area (TPSA) is 12.9 Å². The fraction of sp³-hybridized carbons (Fsp3) is 0.583. The van der Waals surface area contributed by atoms with Crippen molar-refractivity contribution in [1.82, 2.24) is 4.98 Å². The molecular formula is C12H16NSi. The standard InChI is InChI=1S/C12H16NSi/c1-8-9-4-3-5-11(9)13-12-10(8)6-7-14(12)2/h3-7H2,1-2H3. The van der Waals surface area contributed by atoms with E-state index in [0.29, 0.717) is 0 Å². The summed E-state index contributed by atoms with van der Waals surface area (Å²) in [6, 6.07) is 1.41. The van der Waals surface area contributed by atoms with Crippen LogP contribution in [0.2, 0.25) is 12.6 Å². The summed E-state index contributed by atoms with van der Waals surface area (Å²) in [6.45, 7) is 4.75. The number of pyridine rings is 1. The minimum atomic E-state index is -0.268. The van der Waals surface area contributed by atoms with E-state index in [-0.39, 0.29) is 8.80 Å². The number of rotatable bonds is 0. The zero-order valence-electron chi connectivity index (χ0n) is 8.98. The van der Waals surface area contributed by atoms with Crippen molar-refractivity contribution < 1.29 is 0 Å². The van der Waals surface area contributed by atoms with Crippen LogP contribution >= 0.6 is 0 Å². The monoisotopic (exact) mass is 202 g/mol. The van der Waals surface area contributed by atoms with Gasteiger partial charge in [0.1, 0.15) is 8.80 Å². The second kappa shape index (κ2) is 2.93. The molecule has 0 bridgehead atoms. The van der Waals surface area contributed by atoms with Crippen molar-refractivity contribution >= 4 is 14.1 Å². The van der Waals surface area contributed by atoms with Crippen molar-refractivity contribution in [3.63, 3.8) is 0 Å². The Bertz CT molecular complexity index is 398. The Morgan fingerprint density at radius 2 is 2.00 bits per heavy atom. The molecule has 0 unspecified atom stereocenters. The van der Waals surface area contributed by atoms with Gasteiger partial charge in [0.25, 0.3) is 0 Å². The molecule has 2 aliphatic rings. The first kappa shape index (κ1) is 8.66. The quantitative estimate of drug-likeness (QED) is 0.584. The van der Waals surface area contributed by atoms with E-state index in [2.05, 4.69) is 13.5 Å². The third-order valence-electron chi connectivity index (χ3n) is 3.78. The Kier molecular flexibility index (Phi) is 1.81. The molecule has 1 radical (unpaired) electrons. The number of hydrogen-bond acceptors (Lipinski definition) is 1. The van der Waals surface area contributed by atoms with E-state index in [0.717, 1.165) is 0 Å². The van der Waals surface area contributed by atoms with Gasteiger partial charge in [0.05, 0.1) is 0 Å². The third kappa shape index (κ3) is 1.03. The van der Waals surface area contributed by atoms with Crippen molar-refractivity contribution in [3.8, 4) is 0 Å². The Morgan fingerprint density at radius 3 is 2.86 bits per heavy atom. The van der Waals surface area contributed by atoms with Crippen LogP contribution in [0.1, 0.15) is 28.8 Å². The van der Waals surface area contributed by atoms with Crippen LogP contribution < -0.4 is 5.32 Å². The van der Waals surface area contributed by atoms with Crippen LogP contribution in [0, 0.1) is 6.92 Å². The van der Waals surface area contributed by atoms with Crippen LogP contribution in [0.5, 0.6) is 0 Å². The second-order valence-corrected chi connectivity index (χ2v) is 7.16. The SMILES string of the molecule is Cc1c2c(nc3c1CC[Si]3C)CCC2. The lowest BCUT2D eigenvalue weighted by atomic mass is 10.0. The molecule has 1 nitrogen and oxygen atoms in total. The van der Waals surface area contributed by atoms with Gasteiger partial charge < -0.3 is 0 Å². The molecule has 0 fully saturated rings. The number of aryl methyl sites for hydroxylation is 1. The maximum absolute atomic E-state index is 4.92. The molecule has 1 aliphatic heterocycles. The number of aromatic nitrogens is 1. The van der Waals surface area contributed by atoms with Gasteiger partial charge in [0, 0.05) is 11.0 Å². The van der Waals surface area contributed by atoms with E-state index in [1.807, 2.05) is 0 Å². The lowest BCUT2D eigenvalue weighted by Gasteiger charge is -2.11. The normalized spacial score (nSPS) is 19.9. The minimum Gasteiger partial charge on any atom is -0.262 e. The smallest absolute Gasteiger partial charge is 0.108 e. The first-order valence-electron chi connectivity index (χ1n) is 5.61. The highest BCUT2D eigenvalue weighted by Gasteiger charge is 2.27. The van der Waals surface area contributed by atoms with Crippen LogP contribution in [0.3, 0.4) is 0 Å². The van der Waals surface area contributed by atoms with Crippen molar-refractivity contribution in [3.05, 3.63) is 22.4 Å². The number of fused-ring (bicyclic) bond motifs is 2. The van der Waals surface area contributed by atoms with Gasteiger partial charge in [0.15, 0.2) is 0 Å². The molecule has 14 heavy (non-hydrogen) atoms. The van der Waals surface area contributed by atoms with E-state index >= 15 is 0 Å². The maximum atomic E-state index is 4.92. The summed E-state index contributed by atoms with van der Waals surface area (Å²) < 4.78 is 0. The second-order valence-electron chi connectivity index (χ2n) is 4.62. The van der Waals surface area contributed by atoms with Crippen molar-refractivity contribution in [2.45, 2.75) is 45.2 Å². The van der Waals surface area contributed by atoms with Crippen molar-refractivity contribution in [1.29, 1.82) is 0 Å². The largest absolute Gasteiger partial charge is 0.262 e. The van der Waals surface area contributed by atoms with Crippen LogP contribution in [-0.4, -0.2) is 13.8 Å². The fourth-order valence-corrected chi connectivity index (χ4v) is 4.92. The zero-order valence-corrected chi connectivity index (χ0v) is 9.98. The zero-order chi connectivity index (χ0) is 9.71. The number of hydrogen-bond donors (Lipinski definition) is 0. The van der Waals surface area contributed by atoms with Gasteiger partial charge in [-0.2, -0.15) is 0 Å². The summed E-state index contributed by atoms with van der Waals surface area (Å²) >= 11 is 0. The van der Waals surface area contributed by atoms with Crippen LogP contribution in [0.15, 0.2) is 0 Å². The Morgan fingerprint density at radius 1 is 1.14 bits per heavy atom. The molecule has 3 rings (SSSR count). The highest BCUT2D eigenvalue weighted by molar-refractivity contribution is 6.72. The molecule has 0 spiro atoms. The van der Waals surface area contributed by atoms with Crippen LogP contribution in [-0.2, 0) is 19.3 Å². The Balaban J connectivity index is 2.24. The molecular weight excluding hydrogens is 186 g/mol. The van der Waals surface area contributed by atoms with Gasteiger partial charge in [-0.05, 0) is 55.3 Å². The summed E-state index contributed by atoms with van der Waals surface area (Å²) in [6.07, 6.45) is 5.16. The van der Waals surface area contributed by atoms with E-state index in [1.54, 1.807) is 16.7 Å². The number of nitrogens with zero attached hydrogens (tertiary/aromatic N) is 1. The lowest BCUT2D eigenvalue weighted by Crippen LogP contribution is -2.28. The predicted molar refractivity (Wildman–Crippen MR) is 60.8 cm³/mol. The lowest BCUT2D eigenvalue weighted by molar-refractivity contribution is 0.899. The molecule has 0 amide bonds. The van der Waals surface area contributed by atoms with Gasteiger partial charge in [0.2, 0.25) is 0 Å². The summed E-state index contributed by atoms with van der Waals surface area (Å²) in [5.41, 5.74) is 6.26. The van der Waals surface area contributed by atoms with Crippen LogP contribution in [0.4, 0.5) is 0 Å². The molecule has 0 saturated heterocycles. The summed E-state index contributed by atoms with van der Waals surface area (Å²) in [4.78, 5) is 4.92. The van der Waals surface area contributed by atoms with E-state index < -0.39 is 0 Å². The summed E-state index contributed by atoms with van der Waals surface area (Å²) in [5.74, 6) is 0. The fourth-order valence-electron chi connectivity index (χ4n) is 2.91. The molecule has 1 aliphatic carbocycles. The molecule has 2 heterocycles. The van der Waals surface area contributed by atoms with E-state index in [9.17, 15) is 0 Å². The molecule has 2 heteroatoms. The predicted octanol–water partition coefficient (Wildman–Crippen LogP) is 1.77. The average Bonchev–Trinajstić information content (AvgIpc) is 2.75. The van der Waals surface area contributed by atoms with Gasteiger partial charge >= 0.3 is 0 Å². The molecule has 0 aromatic carbocycles. The first-order chi connectivity index (χ1) is 6.77. The summed E-state index contributed by atoms with van der Waals surface area (Å²) in [5, 5.41) is 1.52. The highest BCUT2D eigenvalue weighted by atomic mass is 28.3. The van der Waals surface area contributed by atoms with Gasteiger partial charge in [-0.15, -0.1) is 0 Å². The van der Waals surface area contributed by atoms with Crippen molar-refractivity contribution in [2.75, 3.05) is 0 Å². The average molecular weight is 202 g/mol. The Labute approximate surface area is 87.2 Å². The molecule has 1 aromatic heterocycles. The maximum Gasteiger partial charge on any atom is 0.108 e. The molecule has 0 N–H and O–H groups in total.